The second-order valence-corrected chi connectivity index (χ2v) is 7.15. The predicted octanol–water partition coefficient (Wildman–Crippen LogP) is 1.18. The van der Waals surface area contributed by atoms with E-state index in [0.717, 1.165) is 13.1 Å². The molecule has 0 bridgehead atoms. The van der Waals surface area contributed by atoms with Crippen molar-refractivity contribution in [2.24, 2.45) is 7.05 Å². The van der Waals surface area contributed by atoms with Crippen LogP contribution >= 0.6 is 0 Å². The summed E-state index contributed by atoms with van der Waals surface area (Å²) < 4.78 is 3.06. The van der Waals surface area contributed by atoms with Crippen molar-refractivity contribution in [3.63, 3.8) is 0 Å². The fraction of sp³-hybridized carbons (Fsp3) is 0.400. The van der Waals surface area contributed by atoms with Gasteiger partial charge in [0.1, 0.15) is 5.39 Å². The van der Waals surface area contributed by atoms with E-state index in [1.165, 1.54) is 28.3 Å². The van der Waals surface area contributed by atoms with Crippen molar-refractivity contribution in [2.75, 3.05) is 31.1 Å². The second kappa shape index (κ2) is 7.46. The van der Waals surface area contributed by atoms with E-state index in [9.17, 15) is 9.59 Å². The number of aromatic nitrogens is 4. The van der Waals surface area contributed by atoms with Crippen LogP contribution < -0.4 is 10.5 Å². The van der Waals surface area contributed by atoms with Gasteiger partial charge in [0, 0.05) is 51.9 Å². The van der Waals surface area contributed by atoms with Crippen molar-refractivity contribution in [1.82, 2.24) is 24.2 Å². The quantitative estimate of drug-likeness (QED) is 0.679. The van der Waals surface area contributed by atoms with Crippen molar-refractivity contribution in [3.05, 3.63) is 52.7 Å². The zero-order valence-electron chi connectivity index (χ0n) is 16.2. The van der Waals surface area contributed by atoms with Gasteiger partial charge in [0.25, 0.3) is 5.56 Å². The third-order valence-electron chi connectivity index (χ3n) is 5.37. The van der Waals surface area contributed by atoms with Gasteiger partial charge in [-0.1, -0.05) is 18.2 Å². The molecule has 146 valence electrons. The average molecular weight is 380 g/mol. The van der Waals surface area contributed by atoms with Gasteiger partial charge in [0.05, 0.1) is 12.5 Å². The number of para-hydroxylation sites is 1. The first-order valence-corrected chi connectivity index (χ1v) is 9.50. The van der Waals surface area contributed by atoms with Gasteiger partial charge < -0.3 is 9.80 Å². The molecule has 4 rings (SSSR count). The van der Waals surface area contributed by atoms with Crippen LogP contribution in [0.25, 0.3) is 11.0 Å². The highest BCUT2D eigenvalue weighted by atomic mass is 16.2. The second-order valence-electron chi connectivity index (χ2n) is 7.15. The first-order chi connectivity index (χ1) is 13.5. The Morgan fingerprint density at radius 3 is 2.64 bits per heavy atom. The topological polar surface area (TPSA) is 76.3 Å². The first kappa shape index (κ1) is 18.2. The summed E-state index contributed by atoms with van der Waals surface area (Å²) in [5, 5.41) is 4.54. The van der Waals surface area contributed by atoms with E-state index < -0.39 is 0 Å². The number of rotatable bonds is 4. The molecule has 0 saturated carbocycles. The Kier molecular flexibility index (Phi) is 4.85. The molecular formula is C20H24N6O2. The monoisotopic (exact) mass is 380 g/mol. The normalized spacial score (nSPS) is 14.6. The summed E-state index contributed by atoms with van der Waals surface area (Å²) >= 11 is 0. The summed E-state index contributed by atoms with van der Waals surface area (Å²) in [6, 6.07) is 8.32. The molecule has 1 fully saturated rings. The molecule has 0 N–H and O–H groups in total. The molecule has 1 aromatic carbocycles. The highest BCUT2D eigenvalue weighted by Crippen LogP contribution is 2.21. The minimum atomic E-state index is -0.157. The van der Waals surface area contributed by atoms with Crippen LogP contribution in [0.2, 0.25) is 0 Å². The number of hydrogen-bond acceptors (Lipinski definition) is 5. The number of aryl methyl sites for hydroxylation is 3. The van der Waals surface area contributed by atoms with Crippen LogP contribution in [0.3, 0.4) is 0 Å². The summed E-state index contributed by atoms with van der Waals surface area (Å²) in [6.45, 7) is 5.47. The van der Waals surface area contributed by atoms with Crippen molar-refractivity contribution >= 4 is 22.6 Å². The number of nitrogens with zero attached hydrogens (tertiary/aromatic N) is 6. The van der Waals surface area contributed by atoms with E-state index in [0.29, 0.717) is 30.7 Å². The number of piperazine rings is 1. The molecule has 3 aromatic rings. The van der Waals surface area contributed by atoms with E-state index >= 15 is 0 Å². The van der Waals surface area contributed by atoms with Gasteiger partial charge in [-0.3, -0.25) is 18.8 Å². The predicted molar refractivity (Wildman–Crippen MR) is 107 cm³/mol. The minimum absolute atomic E-state index is 0.0719. The number of fused-ring (bicyclic) bond motifs is 1. The molecular weight excluding hydrogens is 356 g/mol. The Hall–Kier alpha value is -3.16. The van der Waals surface area contributed by atoms with Crippen LogP contribution in [0.1, 0.15) is 12.0 Å². The van der Waals surface area contributed by atoms with Crippen molar-refractivity contribution < 1.29 is 4.79 Å². The van der Waals surface area contributed by atoms with Crippen molar-refractivity contribution in [1.29, 1.82) is 0 Å². The van der Waals surface area contributed by atoms with E-state index in [-0.39, 0.29) is 17.9 Å². The average Bonchev–Trinajstić information content (AvgIpc) is 3.09. The molecule has 0 aliphatic carbocycles. The fourth-order valence-electron chi connectivity index (χ4n) is 3.72. The molecule has 2 aromatic heterocycles. The van der Waals surface area contributed by atoms with Crippen LogP contribution in [-0.2, 0) is 18.4 Å². The molecule has 1 aliphatic heterocycles. The van der Waals surface area contributed by atoms with Gasteiger partial charge in [0.2, 0.25) is 5.91 Å². The number of carbonyl (C=O) groups excluding carboxylic acids is 1. The Labute approximate surface area is 163 Å². The lowest BCUT2D eigenvalue weighted by Gasteiger charge is -2.36. The summed E-state index contributed by atoms with van der Waals surface area (Å²) in [7, 11) is 1.75. The number of benzene rings is 1. The third-order valence-corrected chi connectivity index (χ3v) is 5.37. The maximum absolute atomic E-state index is 12.6. The zero-order chi connectivity index (χ0) is 19.7. The van der Waals surface area contributed by atoms with E-state index in [4.69, 9.17) is 0 Å². The molecule has 0 radical (unpaired) electrons. The Morgan fingerprint density at radius 2 is 1.89 bits per heavy atom. The maximum Gasteiger partial charge on any atom is 0.264 e. The molecule has 0 spiro atoms. The third kappa shape index (κ3) is 3.37. The van der Waals surface area contributed by atoms with Gasteiger partial charge in [-0.05, 0) is 18.6 Å². The lowest BCUT2D eigenvalue weighted by atomic mass is 10.1. The molecule has 0 unspecified atom stereocenters. The van der Waals surface area contributed by atoms with E-state index in [1.807, 2.05) is 17.0 Å². The maximum atomic E-state index is 12.6. The molecule has 28 heavy (non-hydrogen) atoms. The first-order valence-electron chi connectivity index (χ1n) is 9.50. The molecule has 0 atom stereocenters. The summed E-state index contributed by atoms with van der Waals surface area (Å²) in [4.78, 5) is 33.6. The van der Waals surface area contributed by atoms with Crippen LogP contribution in [-0.4, -0.2) is 56.3 Å². The number of amides is 1. The SMILES string of the molecule is Cc1ccccc1N1CCN(C(=O)CCn2cnc3c(cnn3C)c2=O)CC1. The molecule has 1 aliphatic rings. The number of anilines is 1. The van der Waals surface area contributed by atoms with E-state index in [2.05, 4.69) is 34.0 Å². The van der Waals surface area contributed by atoms with Gasteiger partial charge in [-0.15, -0.1) is 0 Å². The molecule has 1 saturated heterocycles. The summed E-state index contributed by atoms with van der Waals surface area (Å²) in [6.07, 6.45) is 3.31. The smallest absolute Gasteiger partial charge is 0.264 e. The summed E-state index contributed by atoms with van der Waals surface area (Å²) in [5.74, 6) is 0.0719. The van der Waals surface area contributed by atoms with Crippen LogP contribution in [0.4, 0.5) is 5.69 Å². The van der Waals surface area contributed by atoms with Crippen LogP contribution in [0.5, 0.6) is 0 Å². The number of carbonyl (C=O) groups is 1. The van der Waals surface area contributed by atoms with Crippen LogP contribution in [0, 0.1) is 6.92 Å². The fourth-order valence-corrected chi connectivity index (χ4v) is 3.72. The molecule has 3 heterocycles. The lowest BCUT2D eigenvalue weighted by molar-refractivity contribution is -0.131. The highest BCUT2D eigenvalue weighted by molar-refractivity contribution is 5.77. The van der Waals surface area contributed by atoms with Gasteiger partial charge in [0.15, 0.2) is 5.65 Å². The molecule has 8 nitrogen and oxygen atoms in total. The van der Waals surface area contributed by atoms with Crippen LogP contribution in [0.15, 0.2) is 41.6 Å². The van der Waals surface area contributed by atoms with Gasteiger partial charge in [-0.2, -0.15) is 5.10 Å². The molecule has 1 amide bonds. The van der Waals surface area contributed by atoms with Crippen molar-refractivity contribution in [2.45, 2.75) is 19.9 Å². The Morgan fingerprint density at radius 1 is 1.14 bits per heavy atom. The Balaban J connectivity index is 1.36. The standard InChI is InChI=1S/C20H24N6O2/c1-15-5-3-4-6-17(15)24-9-11-25(12-10-24)18(27)7-8-26-14-21-19-16(20(26)28)13-22-23(19)2/h3-6,13-14H,7-12H2,1-2H3. The zero-order valence-corrected chi connectivity index (χ0v) is 16.2. The Bertz CT molecular complexity index is 1060. The molecule has 8 heteroatoms. The lowest BCUT2D eigenvalue weighted by Crippen LogP contribution is -2.49. The van der Waals surface area contributed by atoms with E-state index in [1.54, 1.807) is 11.7 Å². The van der Waals surface area contributed by atoms with Gasteiger partial charge in [-0.25, -0.2) is 4.98 Å². The van der Waals surface area contributed by atoms with Crippen molar-refractivity contribution in [3.8, 4) is 0 Å². The largest absolute Gasteiger partial charge is 0.368 e. The summed E-state index contributed by atoms with van der Waals surface area (Å²) in [5.41, 5.74) is 2.88. The van der Waals surface area contributed by atoms with Gasteiger partial charge >= 0.3 is 0 Å². The highest BCUT2D eigenvalue weighted by Gasteiger charge is 2.22. The minimum Gasteiger partial charge on any atom is -0.368 e. The number of hydrogen-bond donors (Lipinski definition) is 0.